The molecule has 0 bridgehead atoms. The lowest BCUT2D eigenvalue weighted by molar-refractivity contribution is -0.139. The third-order valence-corrected chi connectivity index (χ3v) is 4.07. The van der Waals surface area contributed by atoms with Crippen LogP contribution in [0.15, 0.2) is 23.3 Å². The topological polar surface area (TPSA) is 77.0 Å². The number of halogens is 3. The number of rotatable bonds is 10. The molecule has 1 aliphatic heterocycles. The molecule has 28 heavy (non-hydrogen) atoms. The predicted molar refractivity (Wildman–Crippen MR) is 98.5 cm³/mol. The molecule has 0 radical (unpaired) electrons. The van der Waals surface area contributed by atoms with E-state index in [0.29, 0.717) is 25.0 Å². The molecule has 0 aliphatic carbocycles. The molecule has 1 saturated heterocycles. The van der Waals surface area contributed by atoms with E-state index in [1.54, 1.807) is 7.05 Å². The molecule has 1 aliphatic rings. The van der Waals surface area contributed by atoms with Crippen molar-refractivity contribution in [3.8, 4) is 5.88 Å². The highest BCUT2D eigenvalue weighted by molar-refractivity contribution is 5.79. The van der Waals surface area contributed by atoms with Crippen molar-refractivity contribution in [1.82, 2.24) is 15.6 Å². The quantitative estimate of drug-likeness (QED) is 0.353. The van der Waals surface area contributed by atoms with E-state index in [9.17, 15) is 13.2 Å². The van der Waals surface area contributed by atoms with Crippen molar-refractivity contribution in [2.45, 2.75) is 19.0 Å². The second-order valence-corrected chi connectivity index (χ2v) is 6.29. The first-order chi connectivity index (χ1) is 13.5. The van der Waals surface area contributed by atoms with Crippen LogP contribution in [0.4, 0.5) is 13.2 Å². The smallest absolute Gasteiger partial charge is 0.421 e. The fourth-order valence-corrected chi connectivity index (χ4v) is 2.61. The zero-order valence-corrected chi connectivity index (χ0v) is 15.9. The van der Waals surface area contributed by atoms with Crippen molar-refractivity contribution in [2.75, 3.05) is 53.2 Å². The van der Waals surface area contributed by atoms with Crippen LogP contribution in [0.5, 0.6) is 5.88 Å². The van der Waals surface area contributed by atoms with E-state index in [1.807, 2.05) is 0 Å². The Morgan fingerprint density at radius 3 is 2.86 bits per heavy atom. The second kappa shape index (κ2) is 11.7. The Hall–Kier alpha value is -2.07. The van der Waals surface area contributed by atoms with Crippen molar-refractivity contribution in [1.29, 1.82) is 0 Å². The van der Waals surface area contributed by atoms with Gasteiger partial charge < -0.3 is 24.8 Å². The molecule has 1 aromatic rings. The fraction of sp³-hybridized carbons (Fsp3) is 0.667. The summed E-state index contributed by atoms with van der Waals surface area (Å²) in [5.74, 6) is 0.619. The summed E-state index contributed by atoms with van der Waals surface area (Å²) in [4.78, 5) is 7.71. The first-order valence-corrected chi connectivity index (χ1v) is 9.25. The maximum atomic E-state index is 12.9. The number of aromatic nitrogens is 1. The number of hydrogen-bond donors (Lipinski definition) is 2. The van der Waals surface area contributed by atoms with Gasteiger partial charge in [0.25, 0.3) is 0 Å². The van der Waals surface area contributed by atoms with Crippen molar-refractivity contribution >= 4 is 5.96 Å². The van der Waals surface area contributed by atoms with Crippen LogP contribution in [0.1, 0.15) is 18.4 Å². The number of nitrogens with zero attached hydrogens (tertiary/aromatic N) is 2. The molecule has 10 heteroatoms. The Morgan fingerprint density at radius 2 is 2.14 bits per heavy atom. The van der Waals surface area contributed by atoms with Crippen LogP contribution in [-0.2, 0) is 15.7 Å². The van der Waals surface area contributed by atoms with Gasteiger partial charge in [0.1, 0.15) is 12.2 Å². The van der Waals surface area contributed by atoms with Gasteiger partial charge in [-0.05, 0) is 25.0 Å². The first kappa shape index (κ1) is 22.2. The molecule has 2 N–H and O–H groups in total. The highest BCUT2D eigenvalue weighted by Gasteiger charge is 2.34. The minimum absolute atomic E-state index is 0.0212. The summed E-state index contributed by atoms with van der Waals surface area (Å²) in [7, 11) is 1.62. The predicted octanol–water partition coefficient (Wildman–Crippen LogP) is 2.09. The van der Waals surface area contributed by atoms with Crippen molar-refractivity contribution in [2.24, 2.45) is 10.9 Å². The van der Waals surface area contributed by atoms with Gasteiger partial charge in [0.05, 0.1) is 19.8 Å². The average molecular weight is 404 g/mol. The van der Waals surface area contributed by atoms with E-state index in [1.165, 1.54) is 12.3 Å². The van der Waals surface area contributed by atoms with Crippen LogP contribution in [0.2, 0.25) is 0 Å². The van der Waals surface area contributed by atoms with E-state index < -0.39 is 17.6 Å². The normalized spacial score (nSPS) is 17.6. The molecule has 2 rings (SSSR count). The highest BCUT2D eigenvalue weighted by Crippen LogP contribution is 2.34. The van der Waals surface area contributed by atoms with E-state index in [0.717, 1.165) is 38.7 Å². The largest absolute Gasteiger partial charge is 0.475 e. The Labute approximate surface area is 162 Å². The second-order valence-electron chi connectivity index (χ2n) is 6.29. The van der Waals surface area contributed by atoms with Crippen LogP contribution in [-0.4, -0.2) is 64.1 Å². The van der Waals surface area contributed by atoms with E-state index >= 15 is 0 Å². The molecule has 0 spiro atoms. The highest BCUT2D eigenvalue weighted by atomic mass is 19.4. The van der Waals surface area contributed by atoms with Gasteiger partial charge in [-0.25, -0.2) is 4.98 Å². The van der Waals surface area contributed by atoms with Gasteiger partial charge in [0.15, 0.2) is 5.96 Å². The van der Waals surface area contributed by atoms with E-state index in [-0.39, 0.29) is 13.2 Å². The number of pyridine rings is 1. The maximum Gasteiger partial charge on any atom is 0.421 e. The molecule has 0 amide bonds. The molecular weight excluding hydrogens is 377 g/mol. The zero-order valence-electron chi connectivity index (χ0n) is 15.9. The van der Waals surface area contributed by atoms with Crippen molar-refractivity contribution in [3.63, 3.8) is 0 Å². The molecule has 1 fully saturated rings. The Balaban J connectivity index is 1.57. The van der Waals surface area contributed by atoms with Crippen LogP contribution in [0.3, 0.4) is 0 Å². The first-order valence-electron chi connectivity index (χ1n) is 9.25. The summed E-state index contributed by atoms with van der Waals surface area (Å²) >= 11 is 0. The summed E-state index contributed by atoms with van der Waals surface area (Å²) < 4.78 is 54.7. The Morgan fingerprint density at radius 1 is 1.32 bits per heavy atom. The van der Waals surface area contributed by atoms with E-state index in [4.69, 9.17) is 14.2 Å². The van der Waals surface area contributed by atoms with Crippen molar-refractivity contribution < 1.29 is 27.4 Å². The Kier molecular flexibility index (Phi) is 9.29. The molecule has 158 valence electrons. The summed E-state index contributed by atoms with van der Waals surface area (Å²) in [5.41, 5.74) is -0.887. The summed E-state index contributed by atoms with van der Waals surface area (Å²) in [6, 6.07) is 2.17. The number of guanidine groups is 1. The zero-order chi connectivity index (χ0) is 20.2. The number of nitrogens with one attached hydrogen (secondary N) is 2. The van der Waals surface area contributed by atoms with Gasteiger partial charge in [-0.2, -0.15) is 13.2 Å². The molecule has 7 nitrogen and oxygen atoms in total. The van der Waals surface area contributed by atoms with Gasteiger partial charge >= 0.3 is 6.18 Å². The third kappa shape index (κ3) is 7.89. The van der Waals surface area contributed by atoms with Gasteiger partial charge in [-0.15, -0.1) is 0 Å². The summed E-state index contributed by atoms with van der Waals surface area (Å²) in [5, 5.41) is 6.10. The number of alkyl halides is 3. The monoisotopic (exact) mass is 404 g/mol. The van der Waals surface area contributed by atoms with Gasteiger partial charge in [-0.3, -0.25) is 4.99 Å². The Bertz CT molecular complexity index is 608. The number of ether oxygens (including phenoxy) is 3. The maximum absolute atomic E-state index is 12.9. The van der Waals surface area contributed by atoms with Crippen LogP contribution >= 0.6 is 0 Å². The summed E-state index contributed by atoms with van der Waals surface area (Å²) in [6.45, 7) is 3.93. The molecular formula is C18H27F3N4O3. The molecule has 1 atom stereocenters. The molecule has 0 saturated carbocycles. The SMILES string of the molecule is CN=C(NCCCOCC1CCOC1)NCCOc1ncccc1C(F)(F)F. The lowest BCUT2D eigenvalue weighted by atomic mass is 10.1. The fourth-order valence-electron chi connectivity index (χ4n) is 2.61. The van der Waals surface area contributed by atoms with Gasteiger partial charge in [-0.1, -0.05) is 0 Å². The molecule has 1 aromatic heterocycles. The minimum Gasteiger partial charge on any atom is -0.475 e. The molecule has 2 heterocycles. The summed E-state index contributed by atoms with van der Waals surface area (Å²) in [6.07, 6.45) is -1.37. The van der Waals surface area contributed by atoms with Gasteiger partial charge in [0, 0.05) is 38.9 Å². The average Bonchev–Trinajstić information content (AvgIpc) is 3.19. The number of aliphatic imine (C=N–C) groups is 1. The molecule has 0 aromatic carbocycles. The lowest BCUT2D eigenvalue weighted by Gasteiger charge is -2.14. The van der Waals surface area contributed by atoms with Crippen LogP contribution in [0, 0.1) is 5.92 Å². The van der Waals surface area contributed by atoms with Crippen LogP contribution < -0.4 is 15.4 Å². The lowest BCUT2D eigenvalue weighted by Crippen LogP contribution is -2.40. The van der Waals surface area contributed by atoms with Gasteiger partial charge in [0.2, 0.25) is 5.88 Å². The molecule has 1 unspecified atom stereocenters. The minimum atomic E-state index is -4.50. The van der Waals surface area contributed by atoms with Crippen LogP contribution in [0.25, 0.3) is 0 Å². The third-order valence-electron chi connectivity index (χ3n) is 4.07. The standard InChI is InChI=1S/C18H27F3N4O3/c1-22-17(24-7-3-9-26-12-14-5-10-27-13-14)25-8-11-28-16-15(18(19,20)21)4-2-6-23-16/h2,4,6,14H,3,5,7-13H2,1H3,(H2,22,24,25). The van der Waals surface area contributed by atoms with Crippen molar-refractivity contribution in [3.05, 3.63) is 23.9 Å². The van der Waals surface area contributed by atoms with E-state index in [2.05, 4.69) is 20.6 Å². The number of hydrogen-bond acceptors (Lipinski definition) is 5.